The van der Waals surface area contributed by atoms with Gasteiger partial charge in [-0.1, -0.05) is 6.07 Å². The molecule has 0 saturated heterocycles. The summed E-state index contributed by atoms with van der Waals surface area (Å²) in [5.74, 6) is -0.723. The smallest absolute Gasteiger partial charge is 0.358 e. The van der Waals surface area contributed by atoms with Crippen molar-refractivity contribution >= 4 is 11.9 Å². The van der Waals surface area contributed by atoms with E-state index < -0.39 is 5.60 Å². The number of primary amides is 1. The first-order valence-corrected chi connectivity index (χ1v) is 6.10. The fraction of sp³-hybridized carbons (Fsp3) is 0.462. The Morgan fingerprint density at radius 2 is 2.17 bits per heavy atom. The molecule has 1 saturated carbocycles. The van der Waals surface area contributed by atoms with Crippen molar-refractivity contribution in [2.45, 2.75) is 31.3 Å². The van der Waals surface area contributed by atoms with Gasteiger partial charge in [-0.3, -0.25) is 4.79 Å². The molecule has 1 fully saturated rings. The molecule has 0 atom stereocenters. The molecule has 2 N–H and O–H groups in total. The zero-order valence-electron chi connectivity index (χ0n) is 9.89. The second-order valence-corrected chi connectivity index (χ2v) is 4.96. The molecule has 1 aromatic heterocycles. The summed E-state index contributed by atoms with van der Waals surface area (Å²) in [6.07, 6.45) is 4.21. The van der Waals surface area contributed by atoms with Gasteiger partial charge in [-0.2, -0.15) is 0 Å². The largest absolute Gasteiger partial charge is 0.449 e. The predicted molar refractivity (Wildman–Crippen MR) is 62.5 cm³/mol. The Labute approximate surface area is 104 Å². The number of hydrogen-bond donors (Lipinski definition) is 1. The Morgan fingerprint density at radius 3 is 2.83 bits per heavy atom. The molecule has 1 aliphatic carbocycles. The normalized spacial score (nSPS) is 30.0. The van der Waals surface area contributed by atoms with E-state index in [-0.39, 0.29) is 17.8 Å². The lowest BCUT2D eigenvalue weighted by Crippen LogP contribution is -2.36. The van der Waals surface area contributed by atoms with Crippen molar-refractivity contribution in [3.63, 3.8) is 0 Å². The summed E-state index contributed by atoms with van der Waals surface area (Å²) < 4.78 is 5.53. The average molecular weight is 246 g/mol. The molecule has 2 heterocycles. The van der Waals surface area contributed by atoms with Crippen molar-refractivity contribution in [3.05, 3.63) is 29.6 Å². The molecule has 5 heteroatoms. The van der Waals surface area contributed by atoms with Crippen molar-refractivity contribution < 1.29 is 14.3 Å². The van der Waals surface area contributed by atoms with E-state index in [4.69, 9.17) is 10.5 Å². The molecular weight excluding hydrogens is 232 g/mol. The summed E-state index contributed by atoms with van der Waals surface area (Å²) in [4.78, 5) is 27.0. The number of carbonyl (C=O) groups excluding carboxylic acids is 2. The van der Waals surface area contributed by atoms with Gasteiger partial charge in [0.25, 0.3) is 0 Å². The molecule has 1 amide bonds. The Morgan fingerprint density at radius 1 is 1.44 bits per heavy atom. The van der Waals surface area contributed by atoms with E-state index >= 15 is 0 Å². The molecule has 1 aliphatic heterocycles. The highest BCUT2D eigenvalue weighted by Gasteiger charge is 2.48. The van der Waals surface area contributed by atoms with Crippen LogP contribution >= 0.6 is 0 Å². The topological polar surface area (TPSA) is 82.3 Å². The summed E-state index contributed by atoms with van der Waals surface area (Å²) in [7, 11) is 0. The van der Waals surface area contributed by atoms with Gasteiger partial charge in [0.05, 0.1) is 0 Å². The molecule has 0 unspecified atom stereocenters. The van der Waals surface area contributed by atoms with Crippen LogP contribution in [0.3, 0.4) is 0 Å². The monoisotopic (exact) mass is 246 g/mol. The molecule has 0 bridgehead atoms. The van der Waals surface area contributed by atoms with E-state index in [1.165, 1.54) is 0 Å². The highest BCUT2D eigenvalue weighted by Crippen LogP contribution is 2.47. The lowest BCUT2D eigenvalue weighted by Gasteiger charge is -2.35. The van der Waals surface area contributed by atoms with Crippen LogP contribution in [0.25, 0.3) is 0 Å². The summed E-state index contributed by atoms with van der Waals surface area (Å²) in [6, 6.07) is 3.69. The van der Waals surface area contributed by atoms with Crippen molar-refractivity contribution in [2.24, 2.45) is 11.7 Å². The number of aromatic nitrogens is 1. The number of esters is 1. The average Bonchev–Trinajstić information content (AvgIpc) is 2.64. The van der Waals surface area contributed by atoms with Crippen LogP contribution in [0.4, 0.5) is 0 Å². The van der Waals surface area contributed by atoms with Crippen molar-refractivity contribution in [1.29, 1.82) is 0 Å². The van der Waals surface area contributed by atoms with Crippen LogP contribution in [0.5, 0.6) is 0 Å². The standard InChI is InChI=1S/C13H14N2O3/c14-11(16)8-3-5-13(6-4-8)9-2-1-7-15-10(9)12(17)18-13/h1-2,7-8H,3-6H2,(H2,14,16). The second-order valence-electron chi connectivity index (χ2n) is 4.96. The first-order valence-electron chi connectivity index (χ1n) is 6.10. The van der Waals surface area contributed by atoms with E-state index in [9.17, 15) is 9.59 Å². The van der Waals surface area contributed by atoms with Gasteiger partial charge in [-0.05, 0) is 31.7 Å². The second kappa shape index (κ2) is 3.80. The third-order valence-corrected chi connectivity index (χ3v) is 3.98. The van der Waals surface area contributed by atoms with Gasteiger partial charge in [0.1, 0.15) is 5.60 Å². The van der Waals surface area contributed by atoms with E-state index in [1.54, 1.807) is 6.20 Å². The highest BCUT2D eigenvalue weighted by atomic mass is 16.6. The maximum Gasteiger partial charge on any atom is 0.358 e. The number of pyridine rings is 1. The summed E-state index contributed by atoms with van der Waals surface area (Å²) >= 11 is 0. The van der Waals surface area contributed by atoms with Crippen molar-refractivity contribution in [2.75, 3.05) is 0 Å². The number of amides is 1. The first kappa shape index (κ1) is 11.2. The van der Waals surface area contributed by atoms with Crippen LogP contribution in [0.1, 0.15) is 41.7 Å². The molecule has 94 valence electrons. The molecular formula is C13H14N2O3. The number of fused-ring (bicyclic) bond motifs is 2. The Balaban J connectivity index is 1.91. The minimum Gasteiger partial charge on any atom is -0.449 e. The molecule has 3 rings (SSSR count). The van der Waals surface area contributed by atoms with Crippen LogP contribution < -0.4 is 5.73 Å². The third kappa shape index (κ3) is 1.50. The van der Waals surface area contributed by atoms with E-state index in [1.807, 2.05) is 12.1 Å². The molecule has 0 radical (unpaired) electrons. The van der Waals surface area contributed by atoms with Crippen molar-refractivity contribution in [3.8, 4) is 0 Å². The summed E-state index contributed by atoms with van der Waals surface area (Å²) in [6.45, 7) is 0. The Hall–Kier alpha value is -1.91. The quantitative estimate of drug-likeness (QED) is 0.753. The maximum atomic E-state index is 11.8. The molecule has 2 aliphatic rings. The van der Waals surface area contributed by atoms with E-state index in [0.29, 0.717) is 31.4 Å². The Kier molecular flexibility index (Phi) is 2.36. The summed E-state index contributed by atoms with van der Waals surface area (Å²) in [5.41, 5.74) is 6.01. The van der Waals surface area contributed by atoms with Gasteiger partial charge in [0.2, 0.25) is 5.91 Å². The number of ether oxygens (including phenoxy) is 1. The lowest BCUT2D eigenvalue weighted by atomic mass is 9.75. The van der Waals surface area contributed by atoms with Crippen LogP contribution in [-0.4, -0.2) is 16.9 Å². The lowest BCUT2D eigenvalue weighted by molar-refractivity contribution is -0.124. The predicted octanol–water partition coefficient (Wildman–Crippen LogP) is 1.12. The first-order chi connectivity index (χ1) is 8.62. The van der Waals surface area contributed by atoms with Gasteiger partial charge in [-0.15, -0.1) is 0 Å². The SMILES string of the molecule is NC(=O)C1CCC2(CC1)OC(=O)c1ncccc12. The molecule has 1 spiro atoms. The fourth-order valence-electron chi connectivity index (χ4n) is 2.96. The highest BCUT2D eigenvalue weighted by molar-refractivity contribution is 5.92. The van der Waals surface area contributed by atoms with Gasteiger partial charge in [0.15, 0.2) is 5.69 Å². The van der Waals surface area contributed by atoms with Gasteiger partial charge >= 0.3 is 5.97 Å². The third-order valence-electron chi connectivity index (χ3n) is 3.98. The number of hydrogen-bond acceptors (Lipinski definition) is 4. The Bertz CT molecular complexity index is 519. The van der Waals surface area contributed by atoms with Gasteiger partial charge in [-0.25, -0.2) is 9.78 Å². The zero-order valence-corrected chi connectivity index (χ0v) is 9.89. The van der Waals surface area contributed by atoms with Crippen LogP contribution in [0.2, 0.25) is 0 Å². The number of nitrogens with zero attached hydrogens (tertiary/aromatic N) is 1. The number of carbonyl (C=O) groups is 2. The fourth-order valence-corrected chi connectivity index (χ4v) is 2.96. The molecule has 5 nitrogen and oxygen atoms in total. The van der Waals surface area contributed by atoms with E-state index in [2.05, 4.69) is 4.98 Å². The number of nitrogens with two attached hydrogens (primary N) is 1. The molecule has 1 aromatic rings. The molecule has 18 heavy (non-hydrogen) atoms. The van der Waals surface area contributed by atoms with Crippen LogP contribution in [0.15, 0.2) is 18.3 Å². The van der Waals surface area contributed by atoms with Crippen LogP contribution in [-0.2, 0) is 15.1 Å². The minimum absolute atomic E-state index is 0.102. The van der Waals surface area contributed by atoms with E-state index in [0.717, 1.165) is 5.56 Å². The summed E-state index contributed by atoms with van der Waals surface area (Å²) in [5, 5.41) is 0. The zero-order chi connectivity index (χ0) is 12.8. The van der Waals surface area contributed by atoms with Crippen LogP contribution in [0, 0.1) is 5.92 Å². The number of rotatable bonds is 1. The maximum absolute atomic E-state index is 11.8. The minimum atomic E-state index is -0.577. The van der Waals surface area contributed by atoms with Gasteiger partial charge < -0.3 is 10.5 Å². The van der Waals surface area contributed by atoms with Crippen molar-refractivity contribution in [1.82, 2.24) is 4.98 Å². The molecule has 0 aromatic carbocycles. The van der Waals surface area contributed by atoms with Gasteiger partial charge in [0, 0.05) is 17.7 Å².